The average molecular weight is 443 g/mol. The number of rotatable bonds is 9. The summed E-state index contributed by atoms with van der Waals surface area (Å²) in [6.45, 7) is 0. The van der Waals surface area contributed by atoms with Gasteiger partial charge in [0.25, 0.3) is 0 Å². The number of aryl methyl sites for hydroxylation is 1. The number of aromatic nitrogens is 1. The number of nitrogens with zero attached hydrogens (tertiary/aromatic N) is 1. The minimum Gasteiger partial charge on any atom is -0.497 e. The monoisotopic (exact) mass is 442 g/mol. The number of ether oxygens (including phenoxy) is 2. The van der Waals surface area contributed by atoms with Crippen molar-refractivity contribution in [2.24, 2.45) is 0 Å². The number of amides is 1. The summed E-state index contributed by atoms with van der Waals surface area (Å²) >= 11 is 6.19. The molecular weight excluding hydrogens is 420 g/mol. The first kappa shape index (κ1) is 22.4. The summed E-state index contributed by atoms with van der Waals surface area (Å²) in [4.78, 5) is 28.6. The van der Waals surface area contributed by atoms with Gasteiger partial charge in [0.15, 0.2) is 11.7 Å². The highest BCUT2D eigenvalue weighted by Gasteiger charge is 2.20. The third-order valence-corrected chi connectivity index (χ3v) is 5.04. The van der Waals surface area contributed by atoms with Gasteiger partial charge in [-0.2, -0.15) is 0 Å². The molecule has 0 aliphatic carbocycles. The van der Waals surface area contributed by atoms with Crippen LogP contribution >= 0.6 is 11.6 Å². The molecule has 31 heavy (non-hydrogen) atoms. The maximum atomic E-state index is 12.5. The van der Waals surface area contributed by atoms with Gasteiger partial charge in [-0.25, -0.2) is 4.98 Å². The number of hydrogen-bond acceptors (Lipinski definition) is 6. The fourth-order valence-corrected chi connectivity index (χ4v) is 3.27. The lowest BCUT2D eigenvalue weighted by Crippen LogP contribution is -2.30. The molecule has 8 heteroatoms. The number of halogens is 1. The van der Waals surface area contributed by atoms with Crippen LogP contribution in [0.15, 0.2) is 59.1 Å². The van der Waals surface area contributed by atoms with Gasteiger partial charge in [-0.15, -0.1) is 0 Å². The van der Waals surface area contributed by atoms with E-state index in [2.05, 4.69) is 10.3 Å². The molecule has 1 aromatic heterocycles. The molecule has 1 heterocycles. The van der Waals surface area contributed by atoms with E-state index in [1.165, 1.54) is 7.11 Å². The second-order valence-electron chi connectivity index (χ2n) is 6.77. The molecule has 0 aliphatic rings. The quantitative estimate of drug-likeness (QED) is 0.495. The molecule has 0 saturated carbocycles. The van der Waals surface area contributed by atoms with Crippen molar-refractivity contribution >= 4 is 23.5 Å². The maximum absolute atomic E-state index is 12.5. The topological polar surface area (TPSA) is 90.7 Å². The van der Waals surface area contributed by atoms with Gasteiger partial charge in [0.1, 0.15) is 5.75 Å². The van der Waals surface area contributed by atoms with E-state index in [0.29, 0.717) is 28.8 Å². The van der Waals surface area contributed by atoms with E-state index in [1.54, 1.807) is 43.6 Å². The molecule has 162 valence electrons. The van der Waals surface area contributed by atoms with Crippen molar-refractivity contribution in [2.75, 3.05) is 14.2 Å². The lowest BCUT2D eigenvalue weighted by atomic mass is 10.0. The molecule has 0 radical (unpaired) electrons. The van der Waals surface area contributed by atoms with Crippen molar-refractivity contribution in [1.82, 2.24) is 10.3 Å². The Morgan fingerprint density at radius 3 is 2.55 bits per heavy atom. The van der Waals surface area contributed by atoms with Crippen LogP contribution in [0, 0.1) is 0 Å². The molecule has 0 aliphatic heterocycles. The third-order valence-electron chi connectivity index (χ3n) is 4.71. The second-order valence-corrected chi connectivity index (χ2v) is 7.18. The summed E-state index contributed by atoms with van der Waals surface area (Å²) in [5.41, 5.74) is 1.52. The molecule has 7 nitrogen and oxygen atoms in total. The third kappa shape index (κ3) is 6.08. The molecule has 0 saturated heterocycles. The van der Waals surface area contributed by atoms with Crippen LogP contribution in [0.5, 0.6) is 5.75 Å². The van der Waals surface area contributed by atoms with Crippen LogP contribution in [0.25, 0.3) is 11.3 Å². The highest BCUT2D eigenvalue weighted by atomic mass is 35.5. The largest absolute Gasteiger partial charge is 0.497 e. The zero-order valence-electron chi connectivity index (χ0n) is 17.3. The van der Waals surface area contributed by atoms with Crippen LogP contribution in [-0.2, 0) is 20.7 Å². The summed E-state index contributed by atoms with van der Waals surface area (Å²) in [6, 6.07) is 13.9. The predicted molar refractivity (Wildman–Crippen MR) is 116 cm³/mol. The molecule has 2 aromatic carbocycles. The minimum absolute atomic E-state index is 0.0181. The smallest absolute Gasteiger partial charge is 0.307 e. The van der Waals surface area contributed by atoms with Gasteiger partial charge in [0, 0.05) is 18.4 Å². The highest BCUT2D eigenvalue weighted by molar-refractivity contribution is 6.33. The van der Waals surface area contributed by atoms with Gasteiger partial charge in [-0.05, 0) is 29.8 Å². The van der Waals surface area contributed by atoms with Gasteiger partial charge in [0.05, 0.1) is 37.9 Å². The van der Waals surface area contributed by atoms with Gasteiger partial charge >= 0.3 is 5.97 Å². The second kappa shape index (κ2) is 10.6. The van der Waals surface area contributed by atoms with Crippen LogP contribution < -0.4 is 10.1 Å². The molecule has 1 atom stereocenters. The van der Waals surface area contributed by atoms with E-state index in [-0.39, 0.29) is 18.7 Å². The lowest BCUT2D eigenvalue weighted by molar-refractivity contribution is -0.141. The average Bonchev–Trinajstić information content (AvgIpc) is 3.26. The Balaban J connectivity index is 1.63. The van der Waals surface area contributed by atoms with Gasteiger partial charge in [-0.3, -0.25) is 9.59 Å². The Morgan fingerprint density at radius 2 is 1.87 bits per heavy atom. The van der Waals surface area contributed by atoms with Gasteiger partial charge in [-0.1, -0.05) is 35.9 Å². The van der Waals surface area contributed by atoms with E-state index in [9.17, 15) is 9.59 Å². The molecule has 1 unspecified atom stereocenters. The number of nitrogens with one attached hydrogen (secondary N) is 1. The lowest BCUT2D eigenvalue weighted by Gasteiger charge is -2.18. The fraction of sp³-hybridized carbons (Fsp3) is 0.261. The first-order valence-electron chi connectivity index (χ1n) is 9.70. The van der Waals surface area contributed by atoms with Crippen LogP contribution in [0.1, 0.15) is 30.3 Å². The number of oxazole rings is 1. The van der Waals surface area contributed by atoms with Crippen molar-refractivity contribution in [1.29, 1.82) is 0 Å². The molecule has 3 aromatic rings. The highest BCUT2D eigenvalue weighted by Crippen LogP contribution is 2.28. The Hall–Kier alpha value is -3.32. The summed E-state index contributed by atoms with van der Waals surface area (Å²) in [6.07, 6.45) is 2.07. The molecule has 1 amide bonds. The van der Waals surface area contributed by atoms with Crippen molar-refractivity contribution in [3.05, 3.63) is 71.2 Å². The van der Waals surface area contributed by atoms with Crippen molar-refractivity contribution < 1.29 is 23.5 Å². The van der Waals surface area contributed by atoms with Crippen LogP contribution in [0.2, 0.25) is 5.02 Å². The van der Waals surface area contributed by atoms with Crippen molar-refractivity contribution in [2.45, 2.75) is 25.3 Å². The maximum Gasteiger partial charge on any atom is 0.307 e. The normalized spacial score (nSPS) is 11.6. The van der Waals surface area contributed by atoms with Crippen LogP contribution in [-0.4, -0.2) is 31.1 Å². The Bertz CT molecular complexity index is 1030. The molecule has 0 fully saturated rings. The number of methoxy groups -OCH3 is 2. The predicted octanol–water partition coefficient (Wildman–Crippen LogP) is 4.36. The fourth-order valence-electron chi connectivity index (χ4n) is 3.04. The van der Waals surface area contributed by atoms with Crippen LogP contribution in [0.3, 0.4) is 0 Å². The van der Waals surface area contributed by atoms with Crippen molar-refractivity contribution in [3.63, 3.8) is 0 Å². The van der Waals surface area contributed by atoms with Crippen LogP contribution in [0.4, 0.5) is 0 Å². The summed E-state index contributed by atoms with van der Waals surface area (Å²) in [7, 11) is 2.89. The minimum atomic E-state index is -0.519. The molecule has 3 rings (SSSR count). The summed E-state index contributed by atoms with van der Waals surface area (Å²) in [5.74, 6) is 1.01. The molecule has 0 bridgehead atoms. The summed E-state index contributed by atoms with van der Waals surface area (Å²) < 4.78 is 15.7. The number of hydrogen-bond donors (Lipinski definition) is 1. The zero-order valence-corrected chi connectivity index (χ0v) is 18.0. The van der Waals surface area contributed by atoms with Crippen molar-refractivity contribution in [3.8, 4) is 17.1 Å². The number of benzene rings is 2. The Morgan fingerprint density at radius 1 is 1.13 bits per heavy atom. The number of carbonyl (C=O) groups is 2. The van der Waals surface area contributed by atoms with Gasteiger partial charge in [0.2, 0.25) is 5.91 Å². The van der Waals surface area contributed by atoms with E-state index in [4.69, 9.17) is 25.5 Å². The summed E-state index contributed by atoms with van der Waals surface area (Å²) in [5, 5.41) is 3.45. The molecular formula is C23H23ClN2O5. The van der Waals surface area contributed by atoms with E-state index < -0.39 is 12.0 Å². The van der Waals surface area contributed by atoms with Gasteiger partial charge < -0.3 is 19.2 Å². The standard InChI is InChI=1S/C23H23ClN2O5/c1-29-16-9-7-15(8-10-16)19(13-23(28)30-2)26-21(27)11-12-22-25-14-20(31-22)17-5-3-4-6-18(17)24/h3-10,14,19H,11-13H2,1-2H3,(H,26,27). The number of esters is 1. The van der Waals surface area contributed by atoms with E-state index >= 15 is 0 Å². The molecule has 1 N–H and O–H groups in total. The zero-order chi connectivity index (χ0) is 22.2. The molecule has 0 spiro atoms. The Kier molecular flexibility index (Phi) is 7.67. The SMILES string of the molecule is COC(=O)CC(NC(=O)CCc1ncc(-c2ccccc2Cl)o1)c1ccc(OC)cc1. The first-order valence-corrected chi connectivity index (χ1v) is 10.1. The Labute approximate surface area is 185 Å². The van der Waals surface area contributed by atoms with E-state index in [1.807, 2.05) is 18.2 Å². The first-order chi connectivity index (χ1) is 15.0. The van der Waals surface area contributed by atoms with E-state index in [0.717, 1.165) is 11.1 Å². The number of carbonyl (C=O) groups excluding carboxylic acids is 2.